The van der Waals surface area contributed by atoms with E-state index in [9.17, 15) is 9.18 Å². The Labute approximate surface area is 174 Å². The summed E-state index contributed by atoms with van der Waals surface area (Å²) in [5, 5.41) is 0. The van der Waals surface area contributed by atoms with E-state index < -0.39 is 0 Å². The second-order valence-electron chi connectivity index (χ2n) is 7.72. The van der Waals surface area contributed by atoms with Gasteiger partial charge in [0, 0.05) is 52.7 Å². The minimum atomic E-state index is -0.216. The number of aromatic nitrogens is 4. The van der Waals surface area contributed by atoms with Crippen LogP contribution < -0.4 is 5.69 Å². The van der Waals surface area contributed by atoms with E-state index in [1.165, 1.54) is 6.07 Å². The fourth-order valence-corrected chi connectivity index (χ4v) is 3.91. The average Bonchev–Trinajstić information content (AvgIpc) is 3.32. The van der Waals surface area contributed by atoms with Crippen LogP contribution in [0.3, 0.4) is 0 Å². The Morgan fingerprint density at radius 3 is 2.50 bits per heavy atom. The van der Waals surface area contributed by atoms with Crippen molar-refractivity contribution in [2.45, 2.75) is 26.1 Å². The van der Waals surface area contributed by atoms with Gasteiger partial charge in [-0.05, 0) is 41.8 Å². The molecule has 0 spiro atoms. The molecule has 0 amide bonds. The number of fused-ring (bicyclic) bond motifs is 1. The molecule has 156 valence electrons. The van der Waals surface area contributed by atoms with Crippen LogP contribution >= 0.6 is 0 Å². The van der Waals surface area contributed by atoms with Crippen LogP contribution in [0.2, 0.25) is 0 Å². The third-order valence-corrected chi connectivity index (χ3v) is 5.49. The van der Waals surface area contributed by atoms with Crippen molar-refractivity contribution in [3.63, 3.8) is 0 Å². The van der Waals surface area contributed by atoms with Gasteiger partial charge < -0.3 is 4.57 Å². The highest BCUT2D eigenvalue weighted by Gasteiger charge is 2.12. The minimum absolute atomic E-state index is 0.0286. The number of rotatable bonds is 8. The van der Waals surface area contributed by atoms with Crippen molar-refractivity contribution >= 4 is 11.0 Å². The molecular formula is C23H26FN5O. The Morgan fingerprint density at radius 1 is 1.00 bits per heavy atom. The first-order valence-electron chi connectivity index (χ1n) is 10.1. The van der Waals surface area contributed by atoms with Crippen LogP contribution in [0.5, 0.6) is 0 Å². The van der Waals surface area contributed by atoms with E-state index in [1.807, 2.05) is 24.7 Å². The van der Waals surface area contributed by atoms with Crippen molar-refractivity contribution in [3.8, 4) is 0 Å². The molecule has 0 saturated heterocycles. The van der Waals surface area contributed by atoms with Crippen molar-refractivity contribution < 1.29 is 4.39 Å². The SMILES string of the molecule is Cn1c(=O)n(C)c2cc(CN(CCCn3ccnc3)Cc3cccc(F)c3)ccc21. The van der Waals surface area contributed by atoms with E-state index in [0.29, 0.717) is 6.54 Å². The van der Waals surface area contributed by atoms with Gasteiger partial charge in [-0.15, -0.1) is 0 Å². The fraction of sp³-hybridized carbons (Fsp3) is 0.304. The molecule has 2 aromatic heterocycles. The Hall–Kier alpha value is -3.19. The van der Waals surface area contributed by atoms with Gasteiger partial charge in [0.2, 0.25) is 0 Å². The molecular weight excluding hydrogens is 381 g/mol. The van der Waals surface area contributed by atoms with Gasteiger partial charge in [-0.25, -0.2) is 14.2 Å². The van der Waals surface area contributed by atoms with Crippen LogP contribution in [-0.2, 0) is 33.7 Å². The summed E-state index contributed by atoms with van der Waals surface area (Å²) < 4.78 is 19.1. The van der Waals surface area contributed by atoms with Crippen molar-refractivity contribution in [2.24, 2.45) is 14.1 Å². The number of nitrogens with zero attached hydrogens (tertiary/aromatic N) is 5. The Bertz CT molecular complexity index is 1190. The summed E-state index contributed by atoms with van der Waals surface area (Å²) in [6, 6.07) is 12.9. The van der Waals surface area contributed by atoms with Crippen molar-refractivity contribution in [2.75, 3.05) is 6.54 Å². The smallest absolute Gasteiger partial charge is 0.328 e. The van der Waals surface area contributed by atoms with Gasteiger partial charge >= 0.3 is 5.69 Å². The number of hydrogen-bond donors (Lipinski definition) is 0. The largest absolute Gasteiger partial charge is 0.337 e. The van der Waals surface area contributed by atoms with Gasteiger partial charge in [-0.2, -0.15) is 0 Å². The van der Waals surface area contributed by atoms with Crippen LogP contribution in [0, 0.1) is 5.82 Å². The summed E-state index contributed by atoms with van der Waals surface area (Å²) in [4.78, 5) is 18.6. The van der Waals surface area contributed by atoms with Gasteiger partial charge in [0.25, 0.3) is 0 Å². The van der Waals surface area contributed by atoms with Crippen LogP contribution in [0.25, 0.3) is 11.0 Å². The summed E-state index contributed by atoms with van der Waals surface area (Å²) in [7, 11) is 3.58. The second-order valence-corrected chi connectivity index (χ2v) is 7.72. The molecule has 4 rings (SSSR count). The minimum Gasteiger partial charge on any atom is -0.337 e. The molecule has 6 nitrogen and oxygen atoms in total. The van der Waals surface area contributed by atoms with Gasteiger partial charge in [0.1, 0.15) is 5.82 Å². The molecule has 0 unspecified atom stereocenters. The highest BCUT2D eigenvalue weighted by molar-refractivity contribution is 5.76. The quantitative estimate of drug-likeness (QED) is 0.450. The number of hydrogen-bond acceptors (Lipinski definition) is 3. The topological polar surface area (TPSA) is 48.0 Å². The van der Waals surface area contributed by atoms with Gasteiger partial charge in [0.15, 0.2) is 0 Å². The van der Waals surface area contributed by atoms with Crippen LogP contribution in [-0.4, -0.2) is 30.1 Å². The summed E-state index contributed by atoms with van der Waals surface area (Å²) in [5.41, 5.74) is 3.89. The molecule has 4 aromatic rings. The standard InChI is InChI=1S/C23H26FN5O/c1-26-21-8-7-19(14-22(21)27(2)23(26)30)16-29(11-4-10-28-12-9-25-17-28)15-18-5-3-6-20(24)13-18/h3,5-9,12-14,17H,4,10-11,15-16H2,1-2H3. The normalized spacial score (nSPS) is 11.6. The first-order valence-corrected chi connectivity index (χ1v) is 10.1. The van der Waals surface area contributed by atoms with Crippen molar-refractivity contribution in [1.29, 1.82) is 0 Å². The predicted molar refractivity (Wildman–Crippen MR) is 116 cm³/mol. The molecule has 2 aromatic carbocycles. The molecule has 0 N–H and O–H groups in total. The van der Waals surface area contributed by atoms with E-state index in [4.69, 9.17) is 0 Å². The molecule has 0 fully saturated rings. The highest BCUT2D eigenvalue weighted by atomic mass is 19.1. The molecule has 2 heterocycles. The van der Waals surface area contributed by atoms with Gasteiger partial charge in [-0.1, -0.05) is 18.2 Å². The molecule has 0 aliphatic rings. The Balaban J connectivity index is 1.54. The fourth-order valence-electron chi connectivity index (χ4n) is 3.91. The Kier molecular flexibility index (Phi) is 5.81. The van der Waals surface area contributed by atoms with Crippen LogP contribution in [0.4, 0.5) is 4.39 Å². The molecule has 0 atom stereocenters. The van der Waals surface area contributed by atoms with E-state index in [-0.39, 0.29) is 11.5 Å². The lowest BCUT2D eigenvalue weighted by Crippen LogP contribution is -2.25. The second kappa shape index (κ2) is 8.67. The first-order chi connectivity index (χ1) is 14.5. The number of aryl methyl sites for hydroxylation is 3. The lowest BCUT2D eigenvalue weighted by molar-refractivity contribution is 0.248. The van der Waals surface area contributed by atoms with Crippen molar-refractivity contribution in [3.05, 3.63) is 88.6 Å². The maximum Gasteiger partial charge on any atom is 0.328 e. The maximum absolute atomic E-state index is 13.7. The number of imidazole rings is 2. The van der Waals surface area contributed by atoms with E-state index >= 15 is 0 Å². The molecule has 0 saturated carbocycles. The first kappa shape index (κ1) is 20.1. The predicted octanol–water partition coefficient (Wildman–Crippen LogP) is 3.31. The van der Waals surface area contributed by atoms with E-state index in [1.54, 1.807) is 41.6 Å². The maximum atomic E-state index is 13.7. The molecule has 0 aliphatic carbocycles. The summed E-state index contributed by atoms with van der Waals surface area (Å²) in [6.45, 7) is 3.12. The van der Waals surface area contributed by atoms with E-state index in [2.05, 4.69) is 26.6 Å². The van der Waals surface area contributed by atoms with Crippen LogP contribution in [0.1, 0.15) is 17.5 Å². The van der Waals surface area contributed by atoms with Crippen molar-refractivity contribution in [1.82, 2.24) is 23.6 Å². The third-order valence-electron chi connectivity index (χ3n) is 5.49. The molecule has 0 bridgehead atoms. The number of benzene rings is 2. The summed E-state index contributed by atoms with van der Waals surface area (Å²) in [6.07, 6.45) is 6.52. The van der Waals surface area contributed by atoms with Crippen LogP contribution in [0.15, 0.2) is 66.0 Å². The molecule has 30 heavy (non-hydrogen) atoms. The highest BCUT2D eigenvalue weighted by Crippen LogP contribution is 2.17. The third kappa shape index (κ3) is 4.36. The van der Waals surface area contributed by atoms with Gasteiger partial charge in [0.05, 0.1) is 17.4 Å². The van der Waals surface area contributed by atoms with E-state index in [0.717, 1.165) is 48.2 Å². The lowest BCUT2D eigenvalue weighted by atomic mass is 10.1. The molecule has 0 aliphatic heterocycles. The zero-order valence-corrected chi connectivity index (χ0v) is 17.3. The monoisotopic (exact) mass is 407 g/mol. The summed E-state index contributed by atoms with van der Waals surface area (Å²) in [5.74, 6) is -0.216. The zero-order valence-electron chi connectivity index (χ0n) is 17.3. The molecule has 7 heteroatoms. The van der Waals surface area contributed by atoms with Gasteiger partial charge in [-0.3, -0.25) is 14.0 Å². The average molecular weight is 407 g/mol. The molecule has 0 radical (unpaired) electrons. The number of halogens is 1. The Morgan fingerprint density at radius 2 is 1.77 bits per heavy atom. The zero-order chi connectivity index (χ0) is 21.1. The summed E-state index contributed by atoms with van der Waals surface area (Å²) >= 11 is 0. The lowest BCUT2D eigenvalue weighted by Gasteiger charge is -2.23.